The molecule has 0 aromatic heterocycles. The summed E-state index contributed by atoms with van der Waals surface area (Å²) in [6.07, 6.45) is 0.752. The lowest BCUT2D eigenvalue weighted by Crippen LogP contribution is -2.31. The Morgan fingerprint density at radius 2 is 1.70 bits per heavy atom. The lowest BCUT2D eigenvalue weighted by atomic mass is 9.77. The van der Waals surface area contributed by atoms with Crippen molar-refractivity contribution in [3.05, 3.63) is 97.0 Å². The van der Waals surface area contributed by atoms with Crippen LogP contribution >= 0.6 is 58.2 Å². The first kappa shape index (κ1) is 23.1. The molecule has 1 N–H and O–H groups in total. The number of thioether (sulfide) groups is 1. The quantitative estimate of drug-likeness (QED) is 0.205. The first-order valence-electron chi connectivity index (χ1n) is 10.4. The van der Waals surface area contributed by atoms with Gasteiger partial charge in [0.05, 0.1) is 31.9 Å². The van der Waals surface area contributed by atoms with Crippen LogP contribution in [0.4, 0.5) is 11.4 Å². The maximum Gasteiger partial charge on any atom is 0.282 e. The summed E-state index contributed by atoms with van der Waals surface area (Å²) >= 11 is 28.1. The molecular formula is C24H18Cl4N2O2S. The molecule has 0 spiro atoms. The number of nitro benzene ring substituents is 1. The zero-order valence-corrected chi connectivity index (χ0v) is 20.9. The maximum absolute atomic E-state index is 11.5. The van der Waals surface area contributed by atoms with Gasteiger partial charge in [0.1, 0.15) is 0 Å². The molecule has 170 valence electrons. The zero-order valence-electron chi connectivity index (χ0n) is 17.1. The van der Waals surface area contributed by atoms with Gasteiger partial charge in [-0.1, -0.05) is 65.1 Å². The van der Waals surface area contributed by atoms with Crippen molar-refractivity contribution >= 4 is 69.5 Å². The highest BCUT2D eigenvalue weighted by molar-refractivity contribution is 8.00. The number of para-hydroxylation sites is 1. The average molecular weight is 540 g/mol. The lowest BCUT2D eigenvalue weighted by molar-refractivity contribution is -0.387. The highest BCUT2D eigenvalue weighted by atomic mass is 35.5. The van der Waals surface area contributed by atoms with Crippen LogP contribution in [0.25, 0.3) is 0 Å². The minimum Gasteiger partial charge on any atom is -0.376 e. The van der Waals surface area contributed by atoms with Crippen molar-refractivity contribution in [2.75, 3.05) is 5.32 Å². The number of rotatable bonds is 4. The number of alkyl halides is 1. The van der Waals surface area contributed by atoms with Gasteiger partial charge in [-0.3, -0.25) is 10.1 Å². The summed E-state index contributed by atoms with van der Waals surface area (Å²) in [6.45, 7) is 0. The summed E-state index contributed by atoms with van der Waals surface area (Å²) in [5.41, 5.74) is 2.86. The fraction of sp³-hybridized carbons (Fsp3) is 0.250. The summed E-state index contributed by atoms with van der Waals surface area (Å²) in [6, 6.07) is 18.1. The summed E-state index contributed by atoms with van der Waals surface area (Å²) < 4.78 is 0. The summed E-state index contributed by atoms with van der Waals surface area (Å²) in [4.78, 5) is 11.8. The Morgan fingerprint density at radius 3 is 2.45 bits per heavy atom. The highest BCUT2D eigenvalue weighted by Gasteiger charge is 2.51. The predicted octanol–water partition coefficient (Wildman–Crippen LogP) is 8.59. The van der Waals surface area contributed by atoms with Crippen molar-refractivity contribution < 1.29 is 4.92 Å². The summed E-state index contributed by atoms with van der Waals surface area (Å²) in [5.74, 6) is 0.0651. The molecule has 3 aromatic rings. The predicted molar refractivity (Wildman–Crippen MR) is 138 cm³/mol. The van der Waals surface area contributed by atoms with E-state index in [1.54, 1.807) is 18.2 Å². The number of nitrogens with one attached hydrogen (secondary N) is 1. The molecule has 1 fully saturated rings. The van der Waals surface area contributed by atoms with Crippen molar-refractivity contribution in [1.82, 2.24) is 0 Å². The van der Waals surface area contributed by atoms with Crippen LogP contribution in [0.5, 0.6) is 0 Å². The Kier molecular flexibility index (Phi) is 6.45. The molecule has 0 radical (unpaired) electrons. The second kappa shape index (κ2) is 9.20. The lowest BCUT2D eigenvalue weighted by Gasteiger charge is -2.39. The molecule has 4 nitrogen and oxygen atoms in total. The SMILES string of the molecule is O=[N+]([O-])c1ccccc1S[C@H]1C[C@H]2[C@@H](c3cc(Cl)cc(Cl)c3N[C@H]2c2ccccc2Cl)[C@H]1Cl. The van der Waals surface area contributed by atoms with Gasteiger partial charge < -0.3 is 5.32 Å². The third-order valence-electron chi connectivity index (χ3n) is 6.42. The van der Waals surface area contributed by atoms with Gasteiger partial charge >= 0.3 is 0 Å². The molecule has 33 heavy (non-hydrogen) atoms. The van der Waals surface area contributed by atoms with Crippen LogP contribution in [-0.4, -0.2) is 15.6 Å². The van der Waals surface area contributed by atoms with Gasteiger partial charge in [0.15, 0.2) is 0 Å². The molecule has 1 aliphatic heterocycles. The second-order valence-corrected chi connectivity index (χ2v) is 11.3. The van der Waals surface area contributed by atoms with Gasteiger partial charge in [0.2, 0.25) is 0 Å². The van der Waals surface area contributed by atoms with Crippen molar-refractivity contribution in [2.45, 2.75) is 33.9 Å². The largest absolute Gasteiger partial charge is 0.376 e. The van der Waals surface area contributed by atoms with Crippen LogP contribution < -0.4 is 5.32 Å². The van der Waals surface area contributed by atoms with Crippen molar-refractivity contribution in [2.24, 2.45) is 5.92 Å². The van der Waals surface area contributed by atoms with E-state index in [4.69, 9.17) is 46.4 Å². The van der Waals surface area contributed by atoms with E-state index in [9.17, 15) is 10.1 Å². The van der Waals surface area contributed by atoms with E-state index in [2.05, 4.69) is 5.32 Å². The van der Waals surface area contributed by atoms with Gasteiger partial charge in [0.25, 0.3) is 5.69 Å². The van der Waals surface area contributed by atoms with E-state index < -0.39 is 0 Å². The molecule has 2 aliphatic rings. The molecule has 5 rings (SSSR count). The second-order valence-electron chi connectivity index (χ2n) is 8.25. The molecular weight excluding hydrogens is 522 g/mol. The van der Waals surface area contributed by atoms with Gasteiger partial charge in [-0.25, -0.2) is 0 Å². The van der Waals surface area contributed by atoms with E-state index in [0.717, 1.165) is 23.2 Å². The van der Waals surface area contributed by atoms with Crippen LogP contribution in [0, 0.1) is 16.0 Å². The number of hydrogen-bond donors (Lipinski definition) is 1. The first-order chi connectivity index (χ1) is 15.8. The Balaban J connectivity index is 1.58. The van der Waals surface area contributed by atoms with Crippen molar-refractivity contribution in [1.29, 1.82) is 0 Å². The molecule has 0 unspecified atom stereocenters. The number of anilines is 1. The van der Waals surface area contributed by atoms with Crippen LogP contribution in [0.15, 0.2) is 65.6 Å². The van der Waals surface area contributed by atoms with E-state index in [-0.39, 0.29) is 39.1 Å². The summed E-state index contributed by atoms with van der Waals surface area (Å²) in [7, 11) is 0. The molecule has 0 bridgehead atoms. The maximum atomic E-state index is 11.5. The number of nitro groups is 1. The molecule has 3 aromatic carbocycles. The van der Waals surface area contributed by atoms with Gasteiger partial charge in [-0.2, -0.15) is 0 Å². The molecule has 5 atom stereocenters. The normalized spacial score (nSPS) is 25.8. The van der Waals surface area contributed by atoms with Gasteiger partial charge in [-0.15, -0.1) is 23.4 Å². The fourth-order valence-electron chi connectivity index (χ4n) is 5.05. The molecule has 1 saturated carbocycles. The number of benzene rings is 3. The number of hydrogen-bond acceptors (Lipinski definition) is 4. The first-order valence-corrected chi connectivity index (χ1v) is 12.8. The van der Waals surface area contributed by atoms with Crippen molar-refractivity contribution in [3.63, 3.8) is 0 Å². The van der Waals surface area contributed by atoms with E-state index in [1.165, 1.54) is 17.8 Å². The molecule has 0 saturated heterocycles. The monoisotopic (exact) mass is 538 g/mol. The van der Waals surface area contributed by atoms with E-state index in [1.807, 2.05) is 36.4 Å². The molecule has 1 heterocycles. The Morgan fingerprint density at radius 1 is 0.970 bits per heavy atom. The Hall–Kier alpha value is -1.63. The Labute approximate surface area is 215 Å². The fourth-order valence-corrected chi connectivity index (χ4v) is 7.81. The highest BCUT2D eigenvalue weighted by Crippen LogP contribution is 2.59. The molecule has 0 amide bonds. The topological polar surface area (TPSA) is 55.2 Å². The zero-order chi connectivity index (χ0) is 23.3. The van der Waals surface area contributed by atoms with Crippen LogP contribution in [0.3, 0.4) is 0 Å². The van der Waals surface area contributed by atoms with Gasteiger partial charge in [-0.05, 0) is 47.7 Å². The number of halogens is 4. The third kappa shape index (κ3) is 4.19. The molecule has 9 heteroatoms. The average Bonchev–Trinajstić information content (AvgIpc) is 3.10. The number of nitrogens with zero attached hydrogens (tertiary/aromatic N) is 1. The smallest absolute Gasteiger partial charge is 0.282 e. The van der Waals surface area contributed by atoms with Crippen LogP contribution in [0.2, 0.25) is 15.1 Å². The minimum absolute atomic E-state index is 0.0411. The van der Waals surface area contributed by atoms with Crippen LogP contribution in [-0.2, 0) is 0 Å². The Bertz CT molecular complexity index is 1240. The van der Waals surface area contributed by atoms with E-state index in [0.29, 0.717) is 20.0 Å². The standard InChI is InChI=1S/C24H18Cl4N2O2S/c25-12-9-14-21-15(11-20(22(21)28)33-19-8-4-3-7-18(19)30(31)32)23(29-24(14)17(27)10-12)13-5-1-2-6-16(13)26/h1-10,15,20-23,29H,11H2/t15-,20-,21+,22-,23-/m0/s1. The summed E-state index contributed by atoms with van der Waals surface area (Å²) in [5, 5.41) is 16.6. The van der Waals surface area contributed by atoms with E-state index >= 15 is 0 Å². The van der Waals surface area contributed by atoms with Gasteiger partial charge in [0, 0.05) is 27.3 Å². The third-order valence-corrected chi connectivity index (χ3v) is 9.39. The van der Waals surface area contributed by atoms with Crippen molar-refractivity contribution in [3.8, 4) is 0 Å². The van der Waals surface area contributed by atoms with Crippen LogP contribution in [0.1, 0.15) is 29.5 Å². The number of fused-ring (bicyclic) bond motifs is 3. The minimum atomic E-state index is -0.351. The molecule has 1 aliphatic carbocycles.